The van der Waals surface area contributed by atoms with Gasteiger partial charge in [0, 0.05) is 0 Å². The zero-order valence-corrected chi connectivity index (χ0v) is 9.90. The Hall–Kier alpha value is -1.08. The molecule has 0 saturated heterocycles. The van der Waals surface area contributed by atoms with Crippen LogP contribution in [-0.4, -0.2) is 18.6 Å². The molecular weight excluding hydrogens is 255 g/mol. The Bertz CT molecular complexity index is 389. The summed E-state index contributed by atoms with van der Waals surface area (Å²) in [4.78, 5) is 10.5. The maximum Gasteiger partial charge on any atom is 0.425 e. The molecule has 2 N–H and O–H groups in total. The van der Waals surface area contributed by atoms with E-state index in [9.17, 15) is 18.0 Å². The summed E-state index contributed by atoms with van der Waals surface area (Å²) in [5.74, 6) is -0.604. The molecule has 0 aliphatic heterocycles. The van der Waals surface area contributed by atoms with Crippen LogP contribution >= 0.6 is 11.3 Å². The Morgan fingerprint density at radius 1 is 1.59 bits per heavy atom. The molecule has 0 saturated carbocycles. The van der Waals surface area contributed by atoms with Crippen LogP contribution in [0.4, 0.5) is 13.2 Å². The summed E-state index contributed by atoms with van der Waals surface area (Å²) in [5.41, 5.74) is 5.89. The van der Waals surface area contributed by atoms with Crippen molar-refractivity contribution in [3.63, 3.8) is 0 Å². The highest BCUT2D eigenvalue weighted by atomic mass is 32.1. The van der Waals surface area contributed by atoms with Crippen molar-refractivity contribution in [1.82, 2.24) is 0 Å². The molecule has 0 amide bonds. The average molecular weight is 267 g/mol. The van der Waals surface area contributed by atoms with Crippen molar-refractivity contribution in [1.29, 1.82) is 0 Å². The predicted molar refractivity (Wildman–Crippen MR) is 57.6 cm³/mol. The Kier molecular flexibility index (Phi) is 4.53. The fraction of sp³-hybridized carbons (Fsp3) is 0.500. The standard InChI is InChI=1S/C10H12F3NO2S/c1-2-16-9(15)7(14)3-6-4-8(17-5-6)10(11,12)13/h4-5,7H,2-3,14H2,1H3. The Morgan fingerprint density at radius 3 is 2.71 bits per heavy atom. The number of alkyl halides is 3. The second kappa shape index (κ2) is 5.50. The van der Waals surface area contributed by atoms with Crippen LogP contribution in [0.1, 0.15) is 17.4 Å². The van der Waals surface area contributed by atoms with Gasteiger partial charge in [-0.05, 0) is 30.4 Å². The van der Waals surface area contributed by atoms with Gasteiger partial charge < -0.3 is 10.5 Å². The van der Waals surface area contributed by atoms with E-state index in [1.54, 1.807) is 6.92 Å². The molecule has 1 heterocycles. The Balaban J connectivity index is 2.64. The number of hydrogen-bond donors (Lipinski definition) is 1. The highest BCUT2D eigenvalue weighted by Gasteiger charge is 2.32. The van der Waals surface area contributed by atoms with Gasteiger partial charge in [0.05, 0.1) is 6.61 Å². The largest absolute Gasteiger partial charge is 0.465 e. The first-order chi connectivity index (χ1) is 7.84. The van der Waals surface area contributed by atoms with Crippen LogP contribution in [0.25, 0.3) is 0 Å². The molecule has 0 radical (unpaired) electrons. The smallest absolute Gasteiger partial charge is 0.425 e. The summed E-state index contributed by atoms with van der Waals surface area (Å²) in [6.45, 7) is 1.83. The monoisotopic (exact) mass is 267 g/mol. The van der Waals surface area contributed by atoms with Crippen LogP contribution in [0.2, 0.25) is 0 Å². The van der Waals surface area contributed by atoms with E-state index in [1.165, 1.54) is 5.38 Å². The Labute approximate surface area is 100 Å². The number of halogens is 3. The van der Waals surface area contributed by atoms with Gasteiger partial charge >= 0.3 is 12.1 Å². The minimum Gasteiger partial charge on any atom is -0.465 e. The van der Waals surface area contributed by atoms with Crippen LogP contribution in [0, 0.1) is 0 Å². The van der Waals surface area contributed by atoms with E-state index < -0.39 is 23.1 Å². The molecule has 3 nitrogen and oxygen atoms in total. The van der Waals surface area contributed by atoms with Crippen LogP contribution in [0.3, 0.4) is 0 Å². The predicted octanol–water partition coefficient (Wildman–Crippen LogP) is 2.20. The van der Waals surface area contributed by atoms with Crippen LogP contribution in [0.15, 0.2) is 11.4 Å². The van der Waals surface area contributed by atoms with Crippen molar-refractivity contribution in [2.24, 2.45) is 5.73 Å². The number of rotatable bonds is 4. The lowest BCUT2D eigenvalue weighted by Crippen LogP contribution is -2.34. The molecule has 1 rings (SSSR count). The lowest BCUT2D eigenvalue weighted by Gasteiger charge is -2.08. The first-order valence-electron chi connectivity index (χ1n) is 4.91. The van der Waals surface area contributed by atoms with E-state index in [0.717, 1.165) is 6.07 Å². The fourth-order valence-electron chi connectivity index (χ4n) is 1.22. The number of ether oxygens (including phenoxy) is 1. The first-order valence-corrected chi connectivity index (χ1v) is 5.79. The van der Waals surface area contributed by atoms with Gasteiger partial charge in [-0.3, -0.25) is 4.79 Å². The summed E-state index contributed by atoms with van der Waals surface area (Å²) < 4.78 is 41.6. The summed E-state index contributed by atoms with van der Waals surface area (Å²) in [6.07, 6.45) is -4.30. The van der Waals surface area contributed by atoms with Gasteiger partial charge in [-0.15, -0.1) is 11.3 Å². The van der Waals surface area contributed by atoms with E-state index in [0.29, 0.717) is 16.9 Å². The maximum atomic E-state index is 12.3. The molecule has 96 valence electrons. The summed E-state index contributed by atoms with van der Waals surface area (Å²) in [6, 6.07) is 0.0784. The van der Waals surface area contributed by atoms with Crippen molar-refractivity contribution < 1.29 is 22.7 Å². The van der Waals surface area contributed by atoms with Gasteiger partial charge in [-0.2, -0.15) is 13.2 Å². The zero-order valence-electron chi connectivity index (χ0n) is 9.08. The van der Waals surface area contributed by atoms with Crippen molar-refractivity contribution in [2.75, 3.05) is 6.61 Å². The number of carbonyl (C=O) groups is 1. The van der Waals surface area contributed by atoms with Gasteiger partial charge in [0.25, 0.3) is 0 Å². The molecule has 0 aliphatic rings. The zero-order chi connectivity index (χ0) is 13.1. The minimum atomic E-state index is -4.35. The van der Waals surface area contributed by atoms with Gasteiger partial charge in [-0.25, -0.2) is 0 Å². The molecule has 0 aromatic carbocycles. The molecule has 0 fully saturated rings. The summed E-state index contributed by atoms with van der Waals surface area (Å²) in [5, 5.41) is 1.35. The quantitative estimate of drug-likeness (QED) is 0.851. The number of hydrogen-bond acceptors (Lipinski definition) is 4. The van der Waals surface area contributed by atoms with Crippen LogP contribution in [-0.2, 0) is 22.1 Å². The topological polar surface area (TPSA) is 52.3 Å². The van der Waals surface area contributed by atoms with E-state index in [4.69, 9.17) is 5.73 Å². The van der Waals surface area contributed by atoms with Crippen LogP contribution < -0.4 is 5.73 Å². The second-order valence-corrected chi connectivity index (χ2v) is 4.29. The number of esters is 1. The van der Waals surface area contributed by atoms with Crippen molar-refractivity contribution in [3.8, 4) is 0 Å². The highest BCUT2D eigenvalue weighted by molar-refractivity contribution is 7.10. The third-order valence-corrected chi connectivity index (χ3v) is 3.00. The third-order valence-electron chi connectivity index (χ3n) is 1.98. The highest BCUT2D eigenvalue weighted by Crippen LogP contribution is 2.34. The van der Waals surface area contributed by atoms with E-state index in [-0.39, 0.29) is 13.0 Å². The number of nitrogens with two attached hydrogens (primary N) is 1. The van der Waals surface area contributed by atoms with E-state index in [2.05, 4.69) is 4.74 Å². The van der Waals surface area contributed by atoms with Gasteiger partial charge in [-0.1, -0.05) is 0 Å². The molecule has 1 aromatic rings. The SMILES string of the molecule is CCOC(=O)C(N)Cc1csc(C(F)(F)F)c1. The van der Waals surface area contributed by atoms with E-state index in [1.807, 2.05) is 0 Å². The summed E-state index contributed by atoms with van der Waals surface area (Å²) >= 11 is 0.591. The van der Waals surface area contributed by atoms with Crippen molar-refractivity contribution in [2.45, 2.75) is 25.6 Å². The third kappa shape index (κ3) is 4.01. The molecule has 0 aliphatic carbocycles. The average Bonchev–Trinajstić information content (AvgIpc) is 2.66. The van der Waals surface area contributed by atoms with Gasteiger partial charge in [0.2, 0.25) is 0 Å². The van der Waals surface area contributed by atoms with E-state index >= 15 is 0 Å². The number of carbonyl (C=O) groups excluding carboxylic acids is 1. The molecule has 1 unspecified atom stereocenters. The normalized spacial score (nSPS) is 13.5. The molecule has 1 aromatic heterocycles. The Morgan fingerprint density at radius 2 is 2.24 bits per heavy atom. The fourth-order valence-corrected chi connectivity index (χ4v) is 2.01. The molecular formula is C10H12F3NO2S. The lowest BCUT2D eigenvalue weighted by molar-refractivity contribution is -0.144. The molecule has 7 heteroatoms. The first kappa shape index (κ1) is 14.0. The molecule has 1 atom stereocenters. The molecule has 0 bridgehead atoms. The van der Waals surface area contributed by atoms with Crippen molar-refractivity contribution >= 4 is 17.3 Å². The lowest BCUT2D eigenvalue weighted by atomic mass is 10.1. The maximum absolute atomic E-state index is 12.3. The number of thiophene rings is 1. The van der Waals surface area contributed by atoms with Crippen LogP contribution in [0.5, 0.6) is 0 Å². The minimum absolute atomic E-state index is 0.0470. The van der Waals surface area contributed by atoms with Gasteiger partial charge in [0.15, 0.2) is 0 Å². The summed E-state index contributed by atoms with van der Waals surface area (Å²) in [7, 11) is 0. The van der Waals surface area contributed by atoms with Gasteiger partial charge in [0.1, 0.15) is 10.9 Å². The molecule has 17 heavy (non-hydrogen) atoms. The second-order valence-electron chi connectivity index (χ2n) is 3.38. The molecule has 0 spiro atoms. The van der Waals surface area contributed by atoms with Crippen molar-refractivity contribution in [3.05, 3.63) is 21.9 Å².